The summed E-state index contributed by atoms with van der Waals surface area (Å²) < 4.78 is 0. The standard InChI is InChI=1S/C17H29N/c1-7-16(11-18-12(2)3)10-17-14(5)8-13(4)9-15(17)6/h8-9,12,16,18H,7,10-11H2,1-6H3. The van der Waals surface area contributed by atoms with Crippen molar-refractivity contribution in [3.8, 4) is 0 Å². The van der Waals surface area contributed by atoms with Crippen LogP contribution >= 0.6 is 0 Å². The molecular weight excluding hydrogens is 218 g/mol. The molecule has 18 heavy (non-hydrogen) atoms. The number of hydrogen-bond donors (Lipinski definition) is 1. The molecule has 1 heteroatoms. The van der Waals surface area contributed by atoms with Crippen molar-refractivity contribution >= 4 is 0 Å². The Labute approximate surface area is 113 Å². The summed E-state index contributed by atoms with van der Waals surface area (Å²) in [6.45, 7) is 14.5. The van der Waals surface area contributed by atoms with Crippen molar-refractivity contribution in [3.63, 3.8) is 0 Å². The Morgan fingerprint density at radius 1 is 1.06 bits per heavy atom. The molecule has 1 aromatic rings. The molecule has 0 aliphatic rings. The molecule has 0 aliphatic heterocycles. The summed E-state index contributed by atoms with van der Waals surface area (Å²) in [6.07, 6.45) is 2.45. The van der Waals surface area contributed by atoms with Crippen LogP contribution in [0.15, 0.2) is 12.1 Å². The van der Waals surface area contributed by atoms with E-state index in [1.54, 1.807) is 5.56 Å². The zero-order valence-corrected chi connectivity index (χ0v) is 12.9. The lowest BCUT2D eigenvalue weighted by atomic mass is 9.90. The molecule has 0 aromatic heterocycles. The van der Waals surface area contributed by atoms with Crippen LogP contribution in [0.4, 0.5) is 0 Å². The molecule has 0 spiro atoms. The predicted molar refractivity (Wildman–Crippen MR) is 81.3 cm³/mol. The Kier molecular flexibility index (Phi) is 5.87. The van der Waals surface area contributed by atoms with Gasteiger partial charge in [-0.3, -0.25) is 0 Å². The van der Waals surface area contributed by atoms with E-state index in [9.17, 15) is 0 Å². The van der Waals surface area contributed by atoms with Crippen LogP contribution in [0.3, 0.4) is 0 Å². The molecule has 1 unspecified atom stereocenters. The van der Waals surface area contributed by atoms with Crippen LogP contribution < -0.4 is 5.32 Å². The average Bonchev–Trinajstić information content (AvgIpc) is 2.26. The van der Waals surface area contributed by atoms with Gasteiger partial charge in [-0.1, -0.05) is 44.9 Å². The first-order valence-electron chi connectivity index (χ1n) is 7.24. The van der Waals surface area contributed by atoms with Gasteiger partial charge in [-0.05, 0) is 56.3 Å². The second kappa shape index (κ2) is 6.94. The first-order valence-corrected chi connectivity index (χ1v) is 7.24. The van der Waals surface area contributed by atoms with Gasteiger partial charge in [0.15, 0.2) is 0 Å². The molecule has 1 rings (SSSR count). The molecule has 102 valence electrons. The number of rotatable bonds is 6. The molecule has 0 fully saturated rings. The summed E-state index contributed by atoms with van der Waals surface area (Å²) in [5.74, 6) is 0.743. The monoisotopic (exact) mass is 247 g/mol. The summed E-state index contributed by atoms with van der Waals surface area (Å²) in [6, 6.07) is 5.20. The van der Waals surface area contributed by atoms with Crippen LogP contribution in [-0.4, -0.2) is 12.6 Å². The highest BCUT2D eigenvalue weighted by atomic mass is 14.9. The average molecular weight is 247 g/mol. The topological polar surface area (TPSA) is 12.0 Å². The number of aryl methyl sites for hydroxylation is 3. The Bertz CT molecular complexity index is 356. The summed E-state index contributed by atoms with van der Waals surface area (Å²) >= 11 is 0. The van der Waals surface area contributed by atoms with Crippen molar-refractivity contribution in [2.24, 2.45) is 5.92 Å². The van der Waals surface area contributed by atoms with Gasteiger partial charge >= 0.3 is 0 Å². The van der Waals surface area contributed by atoms with Gasteiger partial charge in [0.25, 0.3) is 0 Å². The van der Waals surface area contributed by atoms with Crippen LogP contribution in [0.2, 0.25) is 0 Å². The largest absolute Gasteiger partial charge is 0.314 e. The van der Waals surface area contributed by atoms with Gasteiger partial charge in [-0.2, -0.15) is 0 Å². The second-order valence-corrected chi connectivity index (χ2v) is 5.92. The Morgan fingerprint density at radius 2 is 1.61 bits per heavy atom. The highest BCUT2D eigenvalue weighted by Gasteiger charge is 2.12. The van der Waals surface area contributed by atoms with Crippen molar-refractivity contribution < 1.29 is 0 Å². The molecule has 0 aliphatic carbocycles. The van der Waals surface area contributed by atoms with Crippen molar-refractivity contribution in [2.75, 3.05) is 6.54 Å². The summed E-state index contributed by atoms with van der Waals surface area (Å²) in [7, 11) is 0. The van der Waals surface area contributed by atoms with E-state index in [1.165, 1.54) is 29.5 Å². The van der Waals surface area contributed by atoms with E-state index in [1.807, 2.05) is 0 Å². The van der Waals surface area contributed by atoms with Gasteiger partial charge in [-0.25, -0.2) is 0 Å². The van der Waals surface area contributed by atoms with Crippen molar-refractivity contribution in [3.05, 3.63) is 34.4 Å². The summed E-state index contributed by atoms with van der Waals surface area (Å²) in [5, 5.41) is 3.57. The molecule has 1 aromatic carbocycles. The third-order valence-electron chi connectivity index (χ3n) is 3.73. The van der Waals surface area contributed by atoms with E-state index in [2.05, 4.69) is 59.0 Å². The van der Waals surface area contributed by atoms with E-state index in [4.69, 9.17) is 0 Å². The van der Waals surface area contributed by atoms with Gasteiger partial charge < -0.3 is 5.32 Å². The minimum absolute atomic E-state index is 0.583. The maximum Gasteiger partial charge on any atom is 0.00104 e. The third kappa shape index (κ3) is 4.45. The Hall–Kier alpha value is -0.820. The zero-order chi connectivity index (χ0) is 13.7. The fourth-order valence-electron chi connectivity index (χ4n) is 2.58. The second-order valence-electron chi connectivity index (χ2n) is 5.92. The number of hydrogen-bond acceptors (Lipinski definition) is 1. The van der Waals surface area contributed by atoms with E-state index in [-0.39, 0.29) is 0 Å². The Morgan fingerprint density at radius 3 is 2.06 bits per heavy atom. The minimum atomic E-state index is 0.583. The van der Waals surface area contributed by atoms with Crippen molar-refractivity contribution in [1.29, 1.82) is 0 Å². The van der Waals surface area contributed by atoms with Gasteiger partial charge in [0.1, 0.15) is 0 Å². The van der Waals surface area contributed by atoms with Crippen LogP contribution in [0.25, 0.3) is 0 Å². The lowest BCUT2D eigenvalue weighted by molar-refractivity contribution is 0.435. The van der Waals surface area contributed by atoms with Gasteiger partial charge in [0.2, 0.25) is 0 Å². The molecule has 0 heterocycles. The van der Waals surface area contributed by atoms with E-state index >= 15 is 0 Å². The minimum Gasteiger partial charge on any atom is -0.314 e. The third-order valence-corrected chi connectivity index (χ3v) is 3.73. The smallest absolute Gasteiger partial charge is 0.00104 e. The quantitative estimate of drug-likeness (QED) is 0.795. The van der Waals surface area contributed by atoms with E-state index in [0.717, 1.165) is 12.5 Å². The first kappa shape index (κ1) is 15.2. The maximum atomic E-state index is 3.57. The fraction of sp³-hybridized carbons (Fsp3) is 0.647. The zero-order valence-electron chi connectivity index (χ0n) is 12.9. The SMILES string of the molecule is CCC(CNC(C)C)Cc1c(C)cc(C)cc1C. The highest BCUT2D eigenvalue weighted by Crippen LogP contribution is 2.21. The number of nitrogens with one attached hydrogen (secondary N) is 1. The highest BCUT2D eigenvalue weighted by molar-refractivity contribution is 5.37. The van der Waals surface area contributed by atoms with E-state index < -0.39 is 0 Å². The summed E-state index contributed by atoms with van der Waals surface area (Å²) in [4.78, 5) is 0. The normalized spacial score (nSPS) is 13.1. The molecule has 0 amide bonds. The summed E-state index contributed by atoms with van der Waals surface area (Å²) in [5.41, 5.74) is 5.84. The fourth-order valence-corrected chi connectivity index (χ4v) is 2.58. The predicted octanol–water partition coefficient (Wildman–Crippen LogP) is 4.18. The first-order chi connectivity index (χ1) is 8.43. The maximum absolute atomic E-state index is 3.57. The molecular formula is C17H29N. The van der Waals surface area contributed by atoms with Gasteiger partial charge in [0, 0.05) is 6.04 Å². The molecule has 1 N–H and O–H groups in total. The van der Waals surface area contributed by atoms with Gasteiger partial charge in [0.05, 0.1) is 0 Å². The Balaban J connectivity index is 2.75. The van der Waals surface area contributed by atoms with Crippen LogP contribution in [0, 0.1) is 26.7 Å². The van der Waals surface area contributed by atoms with E-state index in [0.29, 0.717) is 6.04 Å². The van der Waals surface area contributed by atoms with Crippen LogP contribution in [0.5, 0.6) is 0 Å². The molecule has 1 nitrogen and oxygen atoms in total. The van der Waals surface area contributed by atoms with Crippen molar-refractivity contribution in [2.45, 2.75) is 60.4 Å². The lowest BCUT2D eigenvalue weighted by Crippen LogP contribution is -2.29. The van der Waals surface area contributed by atoms with Crippen molar-refractivity contribution in [1.82, 2.24) is 5.32 Å². The van der Waals surface area contributed by atoms with Gasteiger partial charge in [-0.15, -0.1) is 0 Å². The van der Waals surface area contributed by atoms with Crippen LogP contribution in [0.1, 0.15) is 49.4 Å². The number of benzene rings is 1. The molecule has 0 saturated carbocycles. The molecule has 0 bridgehead atoms. The van der Waals surface area contributed by atoms with Crippen LogP contribution in [-0.2, 0) is 6.42 Å². The lowest BCUT2D eigenvalue weighted by Gasteiger charge is -2.20. The molecule has 1 atom stereocenters. The molecule has 0 radical (unpaired) electrons. The molecule has 0 saturated heterocycles.